The molecule has 0 aromatic heterocycles. The molecular formula is C11H10O4S-2. The Morgan fingerprint density at radius 1 is 1.25 bits per heavy atom. The highest BCUT2D eigenvalue weighted by Crippen LogP contribution is 2.25. The molecule has 1 aromatic rings. The smallest absolute Gasteiger partial charge is 0.0715 e. The minimum absolute atomic E-state index is 0.0749. The van der Waals surface area contributed by atoms with Gasteiger partial charge in [-0.1, -0.05) is 19.1 Å². The van der Waals surface area contributed by atoms with Gasteiger partial charge in [0.25, 0.3) is 0 Å². The van der Waals surface area contributed by atoms with Crippen molar-refractivity contribution in [3.05, 3.63) is 29.8 Å². The van der Waals surface area contributed by atoms with E-state index in [1.165, 1.54) is 12.1 Å². The van der Waals surface area contributed by atoms with Crippen LogP contribution in [0.2, 0.25) is 0 Å². The van der Waals surface area contributed by atoms with Crippen molar-refractivity contribution in [3.63, 3.8) is 0 Å². The summed E-state index contributed by atoms with van der Waals surface area (Å²) in [5.41, 5.74) is 0.0749. The van der Waals surface area contributed by atoms with Crippen molar-refractivity contribution in [1.29, 1.82) is 0 Å². The summed E-state index contributed by atoms with van der Waals surface area (Å²) in [4.78, 5) is 21.8. The van der Waals surface area contributed by atoms with Gasteiger partial charge in [-0.15, -0.1) is 11.8 Å². The summed E-state index contributed by atoms with van der Waals surface area (Å²) in [6, 6.07) is 5.89. The molecule has 0 amide bonds. The number of hydrogen-bond acceptors (Lipinski definition) is 5. The van der Waals surface area contributed by atoms with Crippen molar-refractivity contribution in [2.75, 3.05) is 0 Å². The maximum absolute atomic E-state index is 10.7. The highest BCUT2D eigenvalue weighted by atomic mass is 32.2. The van der Waals surface area contributed by atoms with E-state index in [2.05, 4.69) is 0 Å². The summed E-state index contributed by atoms with van der Waals surface area (Å²) in [7, 11) is 0. The quantitative estimate of drug-likeness (QED) is 0.656. The Labute approximate surface area is 97.3 Å². The standard InChI is InChI=1S/C11H12O4S/c1-2-9(11(14)15)16-8-5-3-7(4-6-8)10(12)13/h3-6,9H,2H2,1H3,(H,12,13)(H,14,15)/p-2/t9-/m1/s1. The van der Waals surface area contributed by atoms with Gasteiger partial charge in [-0.05, 0) is 24.1 Å². The number of carboxylic acids is 2. The van der Waals surface area contributed by atoms with Crippen LogP contribution >= 0.6 is 11.8 Å². The van der Waals surface area contributed by atoms with Gasteiger partial charge in [0.05, 0.1) is 11.9 Å². The molecular weight excluding hydrogens is 228 g/mol. The second-order valence-corrected chi connectivity index (χ2v) is 4.42. The van der Waals surface area contributed by atoms with Gasteiger partial charge in [0.2, 0.25) is 0 Å². The normalized spacial score (nSPS) is 12.1. The fraction of sp³-hybridized carbons (Fsp3) is 0.273. The molecule has 0 fully saturated rings. The largest absolute Gasteiger partial charge is 0.549 e. The third-order valence-electron chi connectivity index (χ3n) is 2.00. The zero-order chi connectivity index (χ0) is 12.1. The summed E-state index contributed by atoms with van der Waals surface area (Å²) in [5.74, 6) is -2.36. The maximum Gasteiger partial charge on any atom is 0.0715 e. The van der Waals surface area contributed by atoms with Crippen LogP contribution in [0.4, 0.5) is 0 Å². The highest BCUT2D eigenvalue weighted by Gasteiger charge is 2.08. The Kier molecular flexibility index (Phi) is 4.37. The third-order valence-corrected chi connectivity index (χ3v) is 3.36. The molecule has 0 unspecified atom stereocenters. The van der Waals surface area contributed by atoms with Crippen LogP contribution < -0.4 is 10.2 Å². The Morgan fingerprint density at radius 3 is 2.19 bits per heavy atom. The Bertz CT molecular complexity index is 385. The van der Waals surface area contributed by atoms with Crippen LogP contribution in [0.3, 0.4) is 0 Å². The molecule has 1 atom stereocenters. The van der Waals surface area contributed by atoms with Gasteiger partial charge in [-0.3, -0.25) is 0 Å². The fourth-order valence-corrected chi connectivity index (χ4v) is 2.02. The van der Waals surface area contributed by atoms with Gasteiger partial charge in [-0.25, -0.2) is 0 Å². The second kappa shape index (κ2) is 5.55. The predicted molar refractivity (Wildman–Crippen MR) is 55.7 cm³/mol. The average Bonchev–Trinajstić information content (AvgIpc) is 2.26. The lowest BCUT2D eigenvalue weighted by Crippen LogP contribution is -2.32. The van der Waals surface area contributed by atoms with Crippen LogP contribution in [0.5, 0.6) is 0 Å². The van der Waals surface area contributed by atoms with Crippen molar-refractivity contribution < 1.29 is 19.8 Å². The van der Waals surface area contributed by atoms with Crippen LogP contribution in [0, 0.1) is 0 Å². The summed E-state index contributed by atoms with van der Waals surface area (Å²) < 4.78 is 0. The molecule has 0 spiro atoms. The van der Waals surface area contributed by atoms with E-state index in [1.54, 1.807) is 19.1 Å². The lowest BCUT2D eigenvalue weighted by atomic mass is 10.2. The third kappa shape index (κ3) is 3.27. The van der Waals surface area contributed by atoms with Crippen molar-refractivity contribution in [1.82, 2.24) is 0 Å². The summed E-state index contributed by atoms with van der Waals surface area (Å²) >= 11 is 1.14. The average molecular weight is 238 g/mol. The summed E-state index contributed by atoms with van der Waals surface area (Å²) in [5, 5.41) is 20.5. The first-order chi connectivity index (χ1) is 7.54. The van der Waals surface area contributed by atoms with Crippen LogP contribution in [0.15, 0.2) is 29.2 Å². The molecule has 0 saturated heterocycles. The SMILES string of the molecule is CC[C@@H](Sc1ccc(C(=O)[O-])cc1)C(=O)[O-]. The van der Waals surface area contributed by atoms with Gasteiger partial charge < -0.3 is 19.8 Å². The van der Waals surface area contributed by atoms with Crippen LogP contribution in [-0.2, 0) is 4.79 Å². The van der Waals surface area contributed by atoms with Crippen LogP contribution in [0.25, 0.3) is 0 Å². The fourth-order valence-electron chi connectivity index (χ4n) is 1.13. The molecule has 0 radical (unpaired) electrons. The molecule has 0 bridgehead atoms. The molecule has 1 aromatic carbocycles. The zero-order valence-electron chi connectivity index (χ0n) is 8.64. The number of hydrogen-bond donors (Lipinski definition) is 0. The minimum atomic E-state index is -1.25. The lowest BCUT2D eigenvalue weighted by Gasteiger charge is -2.15. The van der Waals surface area contributed by atoms with E-state index in [1.807, 2.05) is 0 Å². The molecule has 0 N–H and O–H groups in total. The van der Waals surface area contributed by atoms with E-state index >= 15 is 0 Å². The van der Waals surface area contributed by atoms with Gasteiger partial charge in [-0.2, -0.15) is 0 Å². The van der Waals surface area contributed by atoms with Gasteiger partial charge in [0.1, 0.15) is 0 Å². The first-order valence-electron chi connectivity index (χ1n) is 4.73. The molecule has 16 heavy (non-hydrogen) atoms. The number of carboxylic acid groups (broad SMARTS) is 2. The molecule has 0 aliphatic heterocycles. The first-order valence-corrected chi connectivity index (χ1v) is 5.61. The van der Waals surface area contributed by atoms with Crippen molar-refractivity contribution in [2.45, 2.75) is 23.5 Å². The molecule has 4 nitrogen and oxygen atoms in total. The summed E-state index contributed by atoms with van der Waals surface area (Å²) in [6.45, 7) is 1.75. The van der Waals surface area contributed by atoms with E-state index < -0.39 is 17.2 Å². The highest BCUT2D eigenvalue weighted by molar-refractivity contribution is 8.00. The van der Waals surface area contributed by atoms with Crippen molar-refractivity contribution in [2.24, 2.45) is 0 Å². The molecule has 86 valence electrons. The predicted octanol–water partition coefficient (Wildman–Crippen LogP) is -0.329. The minimum Gasteiger partial charge on any atom is -0.549 e. The second-order valence-electron chi connectivity index (χ2n) is 3.15. The number of thioether (sulfide) groups is 1. The molecule has 0 aliphatic rings. The van der Waals surface area contributed by atoms with Crippen LogP contribution in [0.1, 0.15) is 23.7 Å². The number of rotatable bonds is 5. The zero-order valence-corrected chi connectivity index (χ0v) is 9.45. The Hall–Kier alpha value is -1.49. The topological polar surface area (TPSA) is 80.3 Å². The monoisotopic (exact) mass is 238 g/mol. The number of carbonyl (C=O) groups excluding carboxylic acids is 2. The lowest BCUT2D eigenvalue weighted by molar-refractivity contribution is -0.304. The van der Waals surface area contributed by atoms with E-state index in [4.69, 9.17) is 0 Å². The number of benzene rings is 1. The van der Waals surface area contributed by atoms with E-state index in [-0.39, 0.29) is 5.56 Å². The van der Waals surface area contributed by atoms with Crippen molar-refractivity contribution in [3.8, 4) is 0 Å². The number of aromatic carboxylic acids is 1. The van der Waals surface area contributed by atoms with E-state index in [9.17, 15) is 19.8 Å². The summed E-state index contributed by atoms with van der Waals surface area (Å²) in [6.07, 6.45) is 0.454. The van der Waals surface area contributed by atoms with Crippen LogP contribution in [-0.4, -0.2) is 17.2 Å². The molecule has 1 rings (SSSR count). The maximum atomic E-state index is 10.7. The van der Waals surface area contributed by atoms with Gasteiger partial charge in [0, 0.05) is 10.1 Å². The van der Waals surface area contributed by atoms with E-state index in [0.717, 1.165) is 11.8 Å². The van der Waals surface area contributed by atoms with Gasteiger partial charge >= 0.3 is 0 Å². The molecule has 0 heterocycles. The number of carbonyl (C=O) groups is 2. The number of aliphatic carboxylic acids is 1. The van der Waals surface area contributed by atoms with Crippen molar-refractivity contribution >= 4 is 23.7 Å². The molecule has 0 aliphatic carbocycles. The molecule has 5 heteroatoms. The Balaban J connectivity index is 2.75. The molecule has 0 saturated carbocycles. The first kappa shape index (κ1) is 12.6. The van der Waals surface area contributed by atoms with E-state index in [0.29, 0.717) is 11.3 Å². The van der Waals surface area contributed by atoms with Gasteiger partial charge in [0.15, 0.2) is 0 Å². The Morgan fingerprint density at radius 2 is 1.81 bits per heavy atom.